The SMILES string of the molecule is CCCn1nnc(CN)c1-c1ccccc1C. The van der Waals surface area contributed by atoms with Crippen LogP contribution in [-0.2, 0) is 13.1 Å². The first-order valence-electron chi connectivity index (χ1n) is 5.96. The van der Waals surface area contributed by atoms with Crippen LogP contribution in [0.25, 0.3) is 11.3 Å². The highest BCUT2D eigenvalue weighted by molar-refractivity contribution is 5.65. The Labute approximate surface area is 101 Å². The molecule has 4 heteroatoms. The van der Waals surface area contributed by atoms with E-state index in [9.17, 15) is 0 Å². The summed E-state index contributed by atoms with van der Waals surface area (Å²) < 4.78 is 1.95. The van der Waals surface area contributed by atoms with E-state index in [0.717, 1.165) is 24.4 Å². The summed E-state index contributed by atoms with van der Waals surface area (Å²) in [5.41, 5.74) is 10.1. The molecule has 0 fully saturated rings. The molecule has 17 heavy (non-hydrogen) atoms. The van der Waals surface area contributed by atoms with Gasteiger partial charge in [-0.2, -0.15) is 0 Å². The van der Waals surface area contributed by atoms with Crippen molar-refractivity contribution in [3.8, 4) is 11.3 Å². The molecule has 90 valence electrons. The zero-order valence-corrected chi connectivity index (χ0v) is 10.3. The first-order chi connectivity index (χ1) is 8.27. The Kier molecular flexibility index (Phi) is 3.54. The van der Waals surface area contributed by atoms with Gasteiger partial charge >= 0.3 is 0 Å². The molecule has 0 aliphatic rings. The van der Waals surface area contributed by atoms with Crippen molar-refractivity contribution in [2.45, 2.75) is 33.4 Å². The second kappa shape index (κ2) is 5.10. The van der Waals surface area contributed by atoms with Gasteiger partial charge in [-0.1, -0.05) is 36.4 Å². The number of hydrogen-bond donors (Lipinski definition) is 1. The number of hydrogen-bond acceptors (Lipinski definition) is 3. The van der Waals surface area contributed by atoms with Crippen molar-refractivity contribution in [2.75, 3.05) is 0 Å². The molecule has 0 aliphatic heterocycles. The number of rotatable bonds is 4. The first kappa shape index (κ1) is 11.8. The van der Waals surface area contributed by atoms with Crippen LogP contribution in [0.4, 0.5) is 0 Å². The maximum Gasteiger partial charge on any atom is 0.104 e. The third-order valence-electron chi connectivity index (χ3n) is 2.83. The van der Waals surface area contributed by atoms with Gasteiger partial charge in [0.15, 0.2) is 0 Å². The lowest BCUT2D eigenvalue weighted by Gasteiger charge is -2.09. The topological polar surface area (TPSA) is 56.7 Å². The second-order valence-electron chi connectivity index (χ2n) is 4.13. The molecule has 0 amide bonds. The van der Waals surface area contributed by atoms with Crippen LogP contribution < -0.4 is 5.73 Å². The van der Waals surface area contributed by atoms with Gasteiger partial charge in [-0.15, -0.1) is 5.10 Å². The molecule has 0 saturated carbocycles. The zero-order chi connectivity index (χ0) is 12.3. The van der Waals surface area contributed by atoms with E-state index in [4.69, 9.17) is 5.73 Å². The predicted octanol–water partition coefficient (Wildman–Crippen LogP) is 2.12. The number of nitrogens with two attached hydrogens (primary N) is 1. The summed E-state index contributed by atoms with van der Waals surface area (Å²) in [6.07, 6.45) is 1.03. The van der Waals surface area contributed by atoms with Crippen molar-refractivity contribution in [2.24, 2.45) is 5.73 Å². The maximum absolute atomic E-state index is 5.73. The van der Waals surface area contributed by atoms with E-state index in [1.807, 2.05) is 16.8 Å². The minimum absolute atomic E-state index is 0.424. The molecule has 2 rings (SSSR count). The molecule has 1 heterocycles. The van der Waals surface area contributed by atoms with Crippen molar-refractivity contribution in [3.63, 3.8) is 0 Å². The highest BCUT2D eigenvalue weighted by atomic mass is 15.4. The Morgan fingerprint density at radius 3 is 2.71 bits per heavy atom. The molecular formula is C13H18N4. The van der Waals surface area contributed by atoms with Gasteiger partial charge in [0.05, 0.1) is 5.69 Å². The molecule has 2 aromatic rings. The Morgan fingerprint density at radius 2 is 2.06 bits per heavy atom. The third-order valence-corrected chi connectivity index (χ3v) is 2.83. The van der Waals surface area contributed by atoms with Crippen LogP contribution in [0.15, 0.2) is 24.3 Å². The lowest BCUT2D eigenvalue weighted by Crippen LogP contribution is -2.04. The minimum Gasteiger partial charge on any atom is -0.325 e. The van der Waals surface area contributed by atoms with Crippen molar-refractivity contribution in [1.82, 2.24) is 15.0 Å². The first-order valence-corrected chi connectivity index (χ1v) is 5.96. The molecule has 1 aromatic carbocycles. The van der Waals surface area contributed by atoms with Crippen LogP contribution >= 0.6 is 0 Å². The number of nitrogens with zero attached hydrogens (tertiary/aromatic N) is 3. The molecule has 0 saturated heterocycles. The van der Waals surface area contributed by atoms with Crippen LogP contribution in [0.5, 0.6) is 0 Å². The Bertz CT molecular complexity index is 502. The maximum atomic E-state index is 5.73. The molecule has 0 bridgehead atoms. The molecule has 2 N–H and O–H groups in total. The molecule has 0 spiro atoms. The van der Waals surface area contributed by atoms with E-state index >= 15 is 0 Å². The zero-order valence-electron chi connectivity index (χ0n) is 10.3. The number of aryl methyl sites for hydroxylation is 2. The van der Waals surface area contributed by atoms with Gasteiger partial charge in [0.2, 0.25) is 0 Å². The van der Waals surface area contributed by atoms with E-state index in [0.29, 0.717) is 6.54 Å². The third kappa shape index (κ3) is 2.22. The molecule has 4 nitrogen and oxygen atoms in total. The largest absolute Gasteiger partial charge is 0.325 e. The van der Waals surface area contributed by atoms with Crippen molar-refractivity contribution in [3.05, 3.63) is 35.5 Å². The summed E-state index contributed by atoms with van der Waals surface area (Å²) in [5.74, 6) is 0. The average Bonchev–Trinajstić information content (AvgIpc) is 2.73. The highest BCUT2D eigenvalue weighted by Crippen LogP contribution is 2.25. The van der Waals surface area contributed by atoms with E-state index < -0.39 is 0 Å². The van der Waals surface area contributed by atoms with Gasteiger partial charge in [-0.05, 0) is 18.9 Å². The van der Waals surface area contributed by atoms with Crippen LogP contribution in [-0.4, -0.2) is 15.0 Å². The predicted molar refractivity (Wildman–Crippen MR) is 68.4 cm³/mol. The summed E-state index contributed by atoms with van der Waals surface area (Å²) in [6, 6.07) is 8.26. The van der Waals surface area contributed by atoms with Gasteiger partial charge in [0, 0.05) is 18.7 Å². The summed E-state index contributed by atoms with van der Waals surface area (Å²) in [4.78, 5) is 0. The van der Waals surface area contributed by atoms with Gasteiger partial charge in [-0.25, -0.2) is 4.68 Å². The van der Waals surface area contributed by atoms with Gasteiger partial charge in [0.1, 0.15) is 5.69 Å². The van der Waals surface area contributed by atoms with Crippen molar-refractivity contribution >= 4 is 0 Å². The lowest BCUT2D eigenvalue weighted by atomic mass is 10.0. The van der Waals surface area contributed by atoms with Gasteiger partial charge in [-0.3, -0.25) is 0 Å². The smallest absolute Gasteiger partial charge is 0.104 e. The standard InChI is InChI=1S/C13H18N4/c1-3-8-17-13(12(9-14)15-16-17)11-7-5-4-6-10(11)2/h4-7H,3,8-9,14H2,1-2H3. The lowest BCUT2D eigenvalue weighted by molar-refractivity contribution is 0.584. The summed E-state index contributed by atoms with van der Waals surface area (Å²) in [5, 5.41) is 8.34. The molecular weight excluding hydrogens is 212 g/mol. The van der Waals surface area contributed by atoms with E-state index in [2.05, 4.69) is 36.3 Å². The second-order valence-corrected chi connectivity index (χ2v) is 4.13. The van der Waals surface area contributed by atoms with E-state index in [-0.39, 0.29) is 0 Å². The van der Waals surface area contributed by atoms with Crippen LogP contribution in [0, 0.1) is 6.92 Å². The summed E-state index contributed by atoms with van der Waals surface area (Å²) in [6.45, 7) is 5.52. The molecule has 0 unspecified atom stereocenters. The summed E-state index contributed by atoms with van der Waals surface area (Å²) >= 11 is 0. The molecule has 0 radical (unpaired) electrons. The Morgan fingerprint density at radius 1 is 1.29 bits per heavy atom. The Hall–Kier alpha value is -1.68. The molecule has 0 atom stereocenters. The van der Waals surface area contributed by atoms with Gasteiger partial charge in [0.25, 0.3) is 0 Å². The fraction of sp³-hybridized carbons (Fsp3) is 0.385. The van der Waals surface area contributed by atoms with Crippen molar-refractivity contribution in [1.29, 1.82) is 0 Å². The monoisotopic (exact) mass is 230 g/mol. The van der Waals surface area contributed by atoms with Crippen LogP contribution in [0.3, 0.4) is 0 Å². The Balaban J connectivity index is 2.56. The van der Waals surface area contributed by atoms with E-state index in [1.165, 1.54) is 11.1 Å². The fourth-order valence-corrected chi connectivity index (χ4v) is 1.99. The van der Waals surface area contributed by atoms with Crippen LogP contribution in [0.2, 0.25) is 0 Å². The highest BCUT2D eigenvalue weighted by Gasteiger charge is 2.14. The number of benzene rings is 1. The normalized spacial score (nSPS) is 10.8. The fourth-order valence-electron chi connectivity index (χ4n) is 1.99. The minimum atomic E-state index is 0.424. The summed E-state index contributed by atoms with van der Waals surface area (Å²) in [7, 11) is 0. The quantitative estimate of drug-likeness (QED) is 0.875. The van der Waals surface area contributed by atoms with E-state index in [1.54, 1.807) is 0 Å². The van der Waals surface area contributed by atoms with Crippen LogP contribution in [0.1, 0.15) is 24.6 Å². The molecule has 0 aliphatic carbocycles. The molecule has 1 aromatic heterocycles. The number of aromatic nitrogens is 3. The van der Waals surface area contributed by atoms with Gasteiger partial charge < -0.3 is 5.73 Å². The van der Waals surface area contributed by atoms with Crippen molar-refractivity contribution < 1.29 is 0 Å². The average molecular weight is 230 g/mol.